The molecule has 0 radical (unpaired) electrons. The monoisotopic (exact) mass is 324 g/mol. The van der Waals surface area contributed by atoms with Gasteiger partial charge in [0.1, 0.15) is 0 Å². The zero-order chi connectivity index (χ0) is 17.1. The molecule has 0 N–H and O–H groups in total. The molecule has 0 amide bonds. The van der Waals surface area contributed by atoms with Crippen LogP contribution in [0.3, 0.4) is 0 Å². The van der Waals surface area contributed by atoms with E-state index in [1.165, 1.54) is 11.1 Å². The van der Waals surface area contributed by atoms with Crippen molar-refractivity contribution >= 4 is 17.5 Å². The Balaban J connectivity index is 1.78. The van der Waals surface area contributed by atoms with Crippen LogP contribution in [0.25, 0.3) is 6.08 Å². The van der Waals surface area contributed by atoms with Gasteiger partial charge in [-0.2, -0.15) is 5.10 Å². The van der Waals surface area contributed by atoms with Crippen LogP contribution in [-0.4, -0.2) is 5.71 Å². The summed E-state index contributed by atoms with van der Waals surface area (Å²) in [6.07, 6.45) is 4.41. The van der Waals surface area contributed by atoms with Gasteiger partial charge in [0.15, 0.2) is 0 Å². The van der Waals surface area contributed by atoms with E-state index in [-0.39, 0.29) is 6.04 Å². The molecule has 1 atom stereocenters. The minimum Gasteiger partial charge on any atom is -0.254 e. The fourth-order valence-corrected chi connectivity index (χ4v) is 3.20. The number of hydrogen-bond donors (Lipinski definition) is 0. The van der Waals surface area contributed by atoms with Gasteiger partial charge in [-0.05, 0) is 35.7 Å². The predicted octanol–water partition coefficient (Wildman–Crippen LogP) is 5.69. The second-order valence-corrected chi connectivity index (χ2v) is 6.16. The normalized spacial score (nSPS) is 15.9. The van der Waals surface area contributed by atoms with Crippen LogP contribution in [0, 0.1) is 0 Å². The van der Waals surface area contributed by atoms with Gasteiger partial charge in [-0.15, -0.1) is 0 Å². The van der Waals surface area contributed by atoms with Crippen LogP contribution in [0.4, 0.5) is 5.69 Å². The van der Waals surface area contributed by atoms with E-state index < -0.39 is 0 Å². The van der Waals surface area contributed by atoms with Crippen molar-refractivity contribution in [2.75, 3.05) is 5.01 Å². The van der Waals surface area contributed by atoms with E-state index in [0.29, 0.717) is 0 Å². The molecule has 0 aliphatic heterocycles. The van der Waals surface area contributed by atoms with Gasteiger partial charge in [-0.1, -0.05) is 84.9 Å². The van der Waals surface area contributed by atoms with Crippen molar-refractivity contribution < 1.29 is 0 Å². The number of hydrogen-bond acceptors (Lipinski definition) is 2. The summed E-state index contributed by atoms with van der Waals surface area (Å²) in [5.41, 5.74) is 5.78. The number of nitrogens with zero attached hydrogens (tertiary/aromatic N) is 2. The Morgan fingerprint density at radius 2 is 1.44 bits per heavy atom. The zero-order valence-corrected chi connectivity index (χ0v) is 14.2. The van der Waals surface area contributed by atoms with Crippen molar-refractivity contribution in [1.29, 1.82) is 0 Å². The van der Waals surface area contributed by atoms with Crippen molar-refractivity contribution in [3.63, 3.8) is 0 Å². The van der Waals surface area contributed by atoms with Gasteiger partial charge in [0, 0.05) is 0 Å². The van der Waals surface area contributed by atoms with Crippen molar-refractivity contribution in [2.24, 2.45) is 5.10 Å². The lowest BCUT2D eigenvalue weighted by Gasteiger charge is -2.27. The van der Waals surface area contributed by atoms with E-state index >= 15 is 0 Å². The lowest BCUT2D eigenvalue weighted by Crippen LogP contribution is -2.22. The maximum absolute atomic E-state index is 5.00. The number of para-hydroxylation sites is 1. The first kappa shape index (κ1) is 15.4. The molecule has 0 spiro atoms. The highest BCUT2D eigenvalue weighted by molar-refractivity contribution is 5.99. The molecule has 4 rings (SSSR count). The quantitative estimate of drug-likeness (QED) is 0.445. The van der Waals surface area contributed by atoms with Gasteiger partial charge >= 0.3 is 0 Å². The van der Waals surface area contributed by atoms with Crippen LogP contribution in [0.5, 0.6) is 0 Å². The number of anilines is 1. The molecule has 0 saturated heterocycles. The van der Waals surface area contributed by atoms with Crippen LogP contribution in [0.1, 0.15) is 29.7 Å². The maximum atomic E-state index is 5.00. The third-order valence-corrected chi connectivity index (χ3v) is 4.51. The summed E-state index contributed by atoms with van der Waals surface area (Å²) >= 11 is 0. The molecule has 0 bridgehead atoms. The van der Waals surface area contributed by atoms with Crippen LogP contribution in [0.15, 0.2) is 96.1 Å². The van der Waals surface area contributed by atoms with Gasteiger partial charge in [-0.25, -0.2) is 0 Å². The molecule has 122 valence electrons. The van der Waals surface area contributed by atoms with Crippen LogP contribution < -0.4 is 5.01 Å². The number of fused-ring (bicyclic) bond motifs is 1. The van der Waals surface area contributed by atoms with Gasteiger partial charge in [0.2, 0.25) is 0 Å². The van der Waals surface area contributed by atoms with Gasteiger partial charge in [-0.3, -0.25) is 5.01 Å². The summed E-state index contributed by atoms with van der Waals surface area (Å²) in [6.45, 7) is 2.07. The van der Waals surface area contributed by atoms with Crippen molar-refractivity contribution in [3.8, 4) is 0 Å². The fraction of sp³-hybridized carbons (Fsp3) is 0.0870. The molecule has 0 fully saturated rings. The molecule has 0 aromatic heterocycles. The lowest BCUT2D eigenvalue weighted by molar-refractivity contribution is 0.770. The van der Waals surface area contributed by atoms with Crippen molar-refractivity contribution in [2.45, 2.75) is 13.0 Å². The van der Waals surface area contributed by atoms with Crippen molar-refractivity contribution in [3.05, 3.63) is 108 Å². The standard InChI is InChI=1S/C23H20N2/c1-18(19-10-4-2-5-11-19)24-25(21-13-6-3-7-14-21)23-17-16-20-12-8-9-15-22(20)23/h2-17,23H,1H3. The Labute approximate surface area is 148 Å². The highest BCUT2D eigenvalue weighted by Gasteiger charge is 2.24. The highest BCUT2D eigenvalue weighted by atomic mass is 15.5. The fourth-order valence-electron chi connectivity index (χ4n) is 3.20. The maximum Gasteiger partial charge on any atom is 0.0965 e. The Bertz CT molecular complexity index is 911. The van der Waals surface area contributed by atoms with E-state index in [0.717, 1.165) is 17.0 Å². The average Bonchev–Trinajstić information content (AvgIpc) is 3.11. The number of rotatable bonds is 4. The smallest absolute Gasteiger partial charge is 0.0965 e. The molecule has 2 nitrogen and oxygen atoms in total. The number of hydrazone groups is 1. The Kier molecular flexibility index (Phi) is 4.17. The highest BCUT2D eigenvalue weighted by Crippen LogP contribution is 2.36. The van der Waals surface area contributed by atoms with Gasteiger partial charge in [0.25, 0.3) is 0 Å². The second kappa shape index (κ2) is 6.78. The van der Waals surface area contributed by atoms with Gasteiger partial charge in [0.05, 0.1) is 17.4 Å². The zero-order valence-electron chi connectivity index (χ0n) is 14.2. The van der Waals surface area contributed by atoms with Crippen LogP contribution in [0.2, 0.25) is 0 Å². The summed E-state index contributed by atoms with van der Waals surface area (Å²) in [5, 5.41) is 7.11. The minimum absolute atomic E-state index is 0.109. The summed E-state index contributed by atoms with van der Waals surface area (Å²) in [7, 11) is 0. The lowest BCUT2D eigenvalue weighted by atomic mass is 10.1. The first-order valence-corrected chi connectivity index (χ1v) is 8.55. The molecule has 2 heteroatoms. The van der Waals surface area contributed by atoms with E-state index in [1.807, 2.05) is 24.3 Å². The molecule has 3 aromatic rings. The average molecular weight is 324 g/mol. The largest absolute Gasteiger partial charge is 0.254 e. The SMILES string of the molecule is CC(=NN(c1ccccc1)C1C=Cc2ccccc21)c1ccccc1. The summed E-state index contributed by atoms with van der Waals surface area (Å²) in [4.78, 5) is 0. The third kappa shape index (κ3) is 3.11. The second-order valence-electron chi connectivity index (χ2n) is 6.16. The molecular weight excluding hydrogens is 304 g/mol. The molecule has 1 aliphatic rings. The summed E-state index contributed by atoms with van der Waals surface area (Å²) in [5.74, 6) is 0. The molecule has 1 unspecified atom stereocenters. The Hall–Kier alpha value is -3.13. The molecule has 0 saturated carbocycles. The van der Waals surface area contributed by atoms with Gasteiger partial charge < -0.3 is 0 Å². The molecule has 0 heterocycles. The van der Waals surface area contributed by atoms with E-state index in [2.05, 4.69) is 84.7 Å². The summed E-state index contributed by atoms with van der Waals surface area (Å²) < 4.78 is 0. The van der Waals surface area contributed by atoms with Crippen LogP contribution >= 0.6 is 0 Å². The van der Waals surface area contributed by atoms with E-state index in [1.54, 1.807) is 0 Å². The van der Waals surface area contributed by atoms with Crippen LogP contribution in [-0.2, 0) is 0 Å². The first-order valence-electron chi connectivity index (χ1n) is 8.55. The topological polar surface area (TPSA) is 15.6 Å². The predicted molar refractivity (Wildman–Crippen MR) is 106 cm³/mol. The molecule has 1 aliphatic carbocycles. The van der Waals surface area contributed by atoms with Crippen molar-refractivity contribution in [1.82, 2.24) is 0 Å². The third-order valence-electron chi connectivity index (χ3n) is 4.51. The minimum atomic E-state index is 0.109. The van der Waals surface area contributed by atoms with E-state index in [9.17, 15) is 0 Å². The van der Waals surface area contributed by atoms with E-state index in [4.69, 9.17) is 5.10 Å². The summed E-state index contributed by atoms with van der Waals surface area (Å²) in [6, 6.07) is 29.3. The molecule has 25 heavy (non-hydrogen) atoms. The Morgan fingerprint density at radius 1 is 0.800 bits per heavy atom. The number of benzene rings is 3. The Morgan fingerprint density at radius 3 is 2.20 bits per heavy atom. The first-order chi connectivity index (χ1) is 12.3. The molecular formula is C23H20N2. The molecule has 3 aromatic carbocycles.